The number of benzene rings is 2. The molecule has 2 aromatic carbocycles. The molecular weight excluding hydrogens is 372 g/mol. The van der Waals surface area contributed by atoms with E-state index in [-0.39, 0.29) is 5.91 Å². The van der Waals surface area contributed by atoms with E-state index in [0.29, 0.717) is 26.2 Å². The van der Waals surface area contributed by atoms with Gasteiger partial charge in [-0.15, -0.1) is 11.3 Å². The lowest BCUT2D eigenvalue weighted by Crippen LogP contribution is -2.27. The average molecular weight is 394 g/mol. The van der Waals surface area contributed by atoms with Gasteiger partial charge in [-0.2, -0.15) is 0 Å². The quantitative estimate of drug-likeness (QED) is 0.639. The van der Waals surface area contributed by atoms with E-state index < -0.39 is 0 Å². The molecule has 0 bridgehead atoms. The molecule has 0 aliphatic carbocycles. The molecule has 1 amide bonds. The first-order valence-electron chi connectivity index (χ1n) is 9.30. The van der Waals surface area contributed by atoms with Crippen molar-refractivity contribution >= 4 is 28.6 Å². The second kappa shape index (κ2) is 8.80. The third kappa shape index (κ3) is 4.64. The number of carbonyl (C=O) groups excluding carboxylic acids is 1. The van der Waals surface area contributed by atoms with Crippen LogP contribution in [0, 0.1) is 0 Å². The minimum atomic E-state index is -0.0000714. The predicted octanol–water partition coefficient (Wildman–Crippen LogP) is 4.55. The third-order valence-electron chi connectivity index (χ3n) is 4.48. The van der Waals surface area contributed by atoms with Gasteiger partial charge < -0.3 is 19.7 Å². The fourth-order valence-corrected chi connectivity index (χ4v) is 3.82. The monoisotopic (exact) mass is 394 g/mol. The van der Waals surface area contributed by atoms with Crippen LogP contribution in [0.5, 0.6) is 11.5 Å². The number of nitrogens with one attached hydrogen (secondary N) is 1. The van der Waals surface area contributed by atoms with Gasteiger partial charge in [0.15, 0.2) is 11.5 Å². The summed E-state index contributed by atoms with van der Waals surface area (Å²) in [5.74, 6) is 1.53. The fraction of sp³-hybridized carbons (Fsp3) is 0.227. The van der Waals surface area contributed by atoms with E-state index in [9.17, 15) is 4.79 Å². The van der Waals surface area contributed by atoms with Gasteiger partial charge in [0.05, 0.1) is 6.54 Å². The van der Waals surface area contributed by atoms with E-state index in [1.165, 1.54) is 4.88 Å². The predicted molar refractivity (Wildman–Crippen MR) is 112 cm³/mol. The Morgan fingerprint density at radius 2 is 1.82 bits per heavy atom. The maximum absolute atomic E-state index is 12.4. The van der Waals surface area contributed by atoms with Crippen molar-refractivity contribution in [3.8, 4) is 11.5 Å². The first-order chi connectivity index (χ1) is 13.8. The van der Waals surface area contributed by atoms with Crippen LogP contribution in [-0.4, -0.2) is 25.7 Å². The summed E-state index contributed by atoms with van der Waals surface area (Å²) in [6, 6.07) is 19.7. The highest BCUT2D eigenvalue weighted by Gasteiger charge is 2.16. The number of ether oxygens (including phenoxy) is 2. The van der Waals surface area contributed by atoms with Crippen molar-refractivity contribution in [1.82, 2.24) is 0 Å². The van der Waals surface area contributed by atoms with Gasteiger partial charge in [0, 0.05) is 35.3 Å². The molecule has 5 nitrogen and oxygen atoms in total. The van der Waals surface area contributed by atoms with Crippen LogP contribution < -0.4 is 19.7 Å². The second-order valence-electron chi connectivity index (χ2n) is 6.49. The maximum atomic E-state index is 12.4. The molecule has 1 aromatic heterocycles. The summed E-state index contributed by atoms with van der Waals surface area (Å²) in [5.41, 5.74) is 1.83. The third-order valence-corrected chi connectivity index (χ3v) is 5.35. The van der Waals surface area contributed by atoms with Gasteiger partial charge in [-0.25, -0.2) is 0 Å². The van der Waals surface area contributed by atoms with Crippen LogP contribution in [0.3, 0.4) is 0 Å². The second-order valence-corrected chi connectivity index (χ2v) is 7.53. The van der Waals surface area contributed by atoms with E-state index in [1.807, 2.05) is 54.6 Å². The van der Waals surface area contributed by atoms with E-state index in [1.54, 1.807) is 11.3 Å². The Morgan fingerprint density at radius 3 is 2.61 bits per heavy atom. The van der Waals surface area contributed by atoms with Crippen LogP contribution in [0.4, 0.5) is 11.4 Å². The highest BCUT2D eigenvalue weighted by molar-refractivity contribution is 7.09. The molecule has 0 atom stereocenters. The lowest BCUT2D eigenvalue weighted by molar-refractivity contribution is -0.116. The van der Waals surface area contributed by atoms with Crippen molar-refractivity contribution in [2.45, 2.75) is 13.0 Å². The number of carbonyl (C=O) groups is 1. The summed E-state index contributed by atoms with van der Waals surface area (Å²) >= 11 is 1.71. The Morgan fingerprint density at radius 1 is 1.00 bits per heavy atom. The van der Waals surface area contributed by atoms with Gasteiger partial charge in [0.25, 0.3) is 0 Å². The minimum absolute atomic E-state index is 0.0000714. The van der Waals surface area contributed by atoms with Crippen molar-refractivity contribution in [2.24, 2.45) is 0 Å². The van der Waals surface area contributed by atoms with Gasteiger partial charge in [-0.05, 0) is 35.7 Å². The van der Waals surface area contributed by atoms with E-state index >= 15 is 0 Å². The molecule has 0 fully saturated rings. The molecule has 1 aliphatic rings. The lowest BCUT2D eigenvalue weighted by Gasteiger charge is -2.26. The van der Waals surface area contributed by atoms with Crippen LogP contribution in [0.15, 0.2) is 66.0 Å². The number of rotatable bonds is 7. The van der Waals surface area contributed by atoms with E-state index in [4.69, 9.17) is 9.47 Å². The SMILES string of the molecule is O=C(CCN(Cc1cccs1)c1ccc2c(c1)OCCO2)Nc1ccccc1. The van der Waals surface area contributed by atoms with Crippen molar-refractivity contribution in [2.75, 3.05) is 30.0 Å². The molecule has 4 rings (SSSR count). The Bertz CT molecular complexity index is 913. The van der Waals surface area contributed by atoms with Crippen LogP contribution in [0.2, 0.25) is 0 Å². The molecule has 3 aromatic rings. The van der Waals surface area contributed by atoms with Gasteiger partial charge in [0.1, 0.15) is 13.2 Å². The number of para-hydroxylation sites is 1. The number of anilines is 2. The average Bonchev–Trinajstić information content (AvgIpc) is 3.25. The molecule has 6 heteroatoms. The molecule has 0 spiro atoms. The molecule has 144 valence electrons. The molecule has 0 radical (unpaired) electrons. The zero-order chi connectivity index (χ0) is 19.2. The maximum Gasteiger partial charge on any atom is 0.226 e. The summed E-state index contributed by atoms with van der Waals surface area (Å²) in [6.45, 7) is 2.48. The summed E-state index contributed by atoms with van der Waals surface area (Å²) in [5, 5.41) is 5.02. The molecule has 28 heavy (non-hydrogen) atoms. The topological polar surface area (TPSA) is 50.8 Å². The molecule has 0 unspecified atom stereocenters. The molecule has 0 saturated carbocycles. The first kappa shape index (κ1) is 18.4. The zero-order valence-corrected chi connectivity index (χ0v) is 16.3. The Labute approximate surface area is 168 Å². The Hall–Kier alpha value is -2.99. The molecule has 2 heterocycles. The molecule has 1 aliphatic heterocycles. The molecule has 0 saturated heterocycles. The van der Waals surface area contributed by atoms with E-state index in [2.05, 4.69) is 21.7 Å². The highest BCUT2D eigenvalue weighted by atomic mass is 32.1. The van der Waals surface area contributed by atoms with Gasteiger partial charge in [0.2, 0.25) is 5.91 Å². The van der Waals surface area contributed by atoms with Crippen molar-refractivity contribution in [3.05, 3.63) is 70.9 Å². The smallest absolute Gasteiger partial charge is 0.226 e. The number of thiophene rings is 1. The summed E-state index contributed by atoms with van der Waals surface area (Å²) < 4.78 is 11.3. The number of nitrogens with zero attached hydrogens (tertiary/aromatic N) is 1. The van der Waals surface area contributed by atoms with Gasteiger partial charge in [-0.3, -0.25) is 4.79 Å². The lowest BCUT2D eigenvalue weighted by atomic mass is 10.2. The van der Waals surface area contributed by atoms with Crippen LogP contribution >= 0.6 is 11.3 Å². The number of amides is 1. The first-order valence-corrected chi connectivity index (χ1v) is 10.2. The van der Waals surface area contributed by atoms with Crippen LogP contribution in [0.25, 0.3) is 0 Å². The standard InChI is InChI=1S/C22H22N2O3S/c25-22(23-17-5-2-1-3-6-17)10-11-24(16-19-7-4-14-28-19)18-8-9-20-21(15-18)27-13-12-26-20/h1-9,14-15H,10-13,16H2,(H,23,25). The van der Waals surface area contributed by atoms with Crippen molar-refractivity contribution in [3.63, 3.8) is 0 Å². The number of fused-ring (bicyclic) bond motifs is 1. The Balaban J connectivity index is 1.46. The number of hydrogen-bond acceptors (Lipinski definition) is 5. The Kier molecular flexibility index (Phi) is 5.77. The highest BCUT2D eigenvalue weighted by Crippen LogP contribution is 2.34. The normalized spacial score (nSPS) is 12.4. The van der Waals surface area contributed by atoms with Crippen LogP contribution in [-0.2, 0) is 11.3 Å². The van der Waals surface area contributed by atoms with Crippen molar-refractivity contribution < 1.29 is 14.3 Å². The largest absolute Gasteiger partial charge is 0.486 e. The van der Waals surface area contributed by atoms with E-state index in [0.717, 1.165) is 29.4 Å². The zero-order valence-electron chi connectivity index (χ0n) is 15.5. The van der Waals surface area contributed by atoms with Gasteiger partial charge in [-0.1, -0.05) is 24.3 Å². The summed E-state index contributed by atoms with van der Waals surface area (Å²) in [7, 11) is 0. The fourth-order valence-electron chi connectivity index (χ4n) is 3.10. The van der Waals surface area contributed by atoms with Crippen LogP contribution in [0.1, 0.15) is 11.3 Å². The number of hydrogen-bond donors (Lipinski definition) is 1. The summed E-state index contributed by atoms with van der Waals surface area (Å²) in [4.78, 5) is 15.9. The van der Waals surface area contributed by atoms with Gasteiger partial charge >= 0.3 is 0 Å². The molecular formula is C22H22N2O3S. The molecule has 1 N–H and O–H groups in total. The summed E-state index contributed by atoms with van der Waals surface area (Å²) in [6.07, 6.45) is 0.398. The van der Waals surface area contributed by atoms with Crippen molar-refractivity contribution in [1.29, 1.82) is 0 Å². The minimum Gasteiger partial charge on any atom is -0.486 e.